The number of hydrogen-bond acceptors (Lipinski definition) is 0. The fourth-order valence-electron chi connectivity index (χ4n) is 10.0. The van der Waals surface area contributed by atoms with Crippen LogP contribution in [0, 0.1) is 0 Å². The van der Waals surface area contributed by atoms with Crippen LogP contribution in [0.2, 0.25) is 11.5 Å². The molecular formula is C54H38GeN2. The summed E-state index contributed by atoms with van der Waals surface area (Å²) in [6.45, 7) is 0. The predicted molar refractivity (Wildman–Crippen MR) is 246 cm³/mol. The molecule has 12 rings (SSSR count). The molecule has 0 saturated heterocycles. The molecule has 2 nitrogen and oxygen atoms in total. The van der Waals surface area contributed by atoms with Crippen molar-refractivity contribution in [1.29, 1.82) is 0 Å². The standard InChI is InChI=1S/C54H38GeN2/c1-55(2)47-33-37(41-20-12-24-51-53(41)45-18-8-10-22-49(45)56(51)39-16-4-3-5-17-39)27-30-43(47)44-31-28-38(34-48(44)55)42-21-13-25-52-54(42)46-19-9-11-23-50(46)57(52)40-29-26-35-14-6-7-15-36(35)32-40/h3-34H,1-2H3. The summed E-state index contributed by atoms with van der Waals surface area (Å²) in [7, 11) is 0. The molecule has 0 atom stereocenters. The predicted octanol–water partition coefficient (Wildman–Crippen LogP) is 13.2. The van der Waals surface area contributed by atoms with E-state index >= 15 is 0 Å². The summed E-state index contributed by atoms with van der Waals surface area (Å²) in [6, 6.07) is 72.4. The van der Waals surface area contributed by atoms with Crippen LogP contribution in [0.1, 0.15) is 0 Å². The summed E-state index contributed by atoms with van der Waals surface area (Å²) in [5, 5.41) is 7.71. The van der Waals surface area contributed by atoms with Gasteiger partial charge < -0.3 is 0 Å². The van der Waals surface area contributed by atoms with E-state index in [-0.39, 0.29) is 0 Å². The minimum absolute atomic E-state index is 1.19. The molecule has 0 saturated carbocycles. The van der Waals surface area contributed by atoms with Crippen LogP contribution in [0.3, 0.4) is 0 Å². The van der Waals surface area contributed by atoms with Crippen molar-refractivity contribution in [3.8, 4) is 44.8 Å². The van der Waals surface area contributed by atoms with Gasteiger partial charge in [0, 0.05) is 0 Å². The van der Waals surface area contributed by atoms with Gasteiger partial charge in [0.2, 0.25) is 0 Å². The molecule has 0 amide bonds. The van der Waals surface area contributed by atoms with Crippen LogP contribution >= 0.6 is 0 Å². The summed E-state index contributed by atoms with van der Waals surface area (Å²) < 4.78 is 7.99. The molecule has 0 aliphatic carbocycles. The second kappa shape index (κ2) is 12.2. The Labute approximate surface area is 334 Å². The molecule has 268 valence electrons. The van der Waals surface area contributed by atoms with Crippen molar-refractivity contribution in [2.45, 2.75) is 11.5 Å². The Hall–Kier alpha value is -6.62. The Morgan fingerprint density at radius 1 is 0.333 bits per heavy atom. The average molecular weight is 788 g/mol. The zero-order valence-electron chi connectivity index (χ0n) is 31.9. The Balaban J connectivity index is 1.00. The van der Waals surface area contributed by atoms with Crippen LogP contribution in [0.25, 0.3) is 99.1 Å². The number of aromatic nitrogens is 2. The van der Waals surface area contributed by atoms with Crippen LogP contribution in [-0.2, 0) is 0 Å². The number of para-hydroxylation sites is 3. The van der Waals surface area contributed by atoms with E-state index < -0.39 is 13.3 Å². The van der Waals surface area contributed by atoms with Crippen molar-refractivity contribution >= 4 is 76.4 Å². The van der Waals surface area contributed by atoms with Gasteiger partial charge in [0.05, 0.1) is 0 Å². The normalized spacial score (nSPS) is 13.2. The fraction of sp³-hybridized carbons (Fsp3) is 0.0370. The fourth-order valence-corrected chi connectivity index (χ4v) is 16.6. The summed E-state index contributed by atoms with van der Waals surface area (Å²) >= 11 is -2.75. The molecule has 9 aromatic carbocycles. The Morgan fingerprint density at radius 3 is 1.42 bits per heavy atom. The molecule has 1 aliphatic rings. The van der Waals surface area contributed by atoms with E-state index in [1.165, 1.54) is 99.1 Å². The van der Waals surface area contributed by atoms with Crippen LogP contribution in [-0.4, -0.2) is 22.4 Å². The molecule has 0 spiro atoms. The Morgan fingerprint density at radius 2 is 0.825 bits per heavy atom. The third kappa shape index (κ3) is 4.71. The van der Waals surface area contributed by atoms with Gasteiger partial charge in [-0.25, -0.2) is 0 Å². The quantitative estimate of drug-likeness (QED) is 0.157. The summed E-state index contributed by atoms with van der Waals surface area (Å²) in [4.78, 5) is 0. The van der Waals surface area contributed by atoms with Gasteiger partial charge in [-0.3, -0.25) is 0 Å². The molecule has 0 bridgehead atoms. The van der Waals surface area contributed by atoms with E-state index in [9.17, 15) is 0 Å². The van der Waals surface area contributed by atoms with E-state index in [2.05, 4.69) is 215 Å². The molecule has 0 fully saturated rings. The number of benzene rings is 9. The first-order valence-corrected chi connectivity index (χ1v) is 26.2. The number of nitrogens with zero attached hydrogens (tertiary/aromatic N) is 2. The molecule has 0 N–H and O–H groups in total. The van der Waals surface area contributed by atoms with E-state index in [1.807, 2.05) is 0 Å². The van der Waals surface area contributed by atoms with E-state index in [0.29, 0.717) is 0 Å². The molecule has 11 aromatic rings. The van der Waals surface area contributed by atoms with Crippen molar-refractivity contribution in [3.63, 3.8) is 0 Å². The molecule has 1 aliphatic heterocycles. The van der Waals surface area contributed by atoms with Crippen LogP contribution < -0.4 is 8.79 Å². The summed E-state index contributed by atoms with van der Waals surface area (Å²) in [5.74, 6) is 5.18. The van der Waals surface area contributed by atoms with Gasteiger partial charge >= 0.3 is 330 Å². The van der Waals surface area contributed by atoms with Gasteiger partial charge in [0.25, 0.3) is 0 Å². The maximum atomic E-state index is 2.59. The minimum atomic E-state index is -2.75. The van der Waals surface area contributed by atoms with Gasteiger partial charge in [-0.1, -0.05) is 6.07 Å². The molecule has 0 unspecified atom stereocenters. The van der Waals surface area contributed by atoms with E-state index in [4.69, 9.17) is 0 Å². The Kier molecular flexibility index (Phi) is 6.97. The van der Waals surface area contributed by atoms with Crippen molar-refractivity contribution in [1.82, 2.24) is 9.13 Å². The van der Waals surface area contributed by atoms with E-state index in [0.717, 1.165) is 0 Å². The molecular weight excluding hydrogens is 749 g/mol. The first-order chi connectivity index (χ1) is 28.0. The molecule has 57 heavy (non-hydrogen) atoms. The first kappa shape index (κ1) is 32.6. The average Bonchev–Trinajstić information content (AvgIpc) is 3.87. The van der Waals surface area contributed by atoms with Gasteiger partial charge in [-0.05, 0) is 0 Å². The van der Waals surface area contributed by atoms with Gasteiger partial charge in [0.1, 0.15) is 0 Å². The van der Waals surface area contributed by atoms with Crippen molar-refractivity contribution in [2.24, 2.45) is 0 Å². The van der Waals surface area contributed by atoms with Crippen LogP contribution in [0.4, 0.5) is 0 Å². The first-order valence-electron chi connectivity index (χ1n) is 19.9. The van der Waals surface area contributed by atoms with Crippen LogP contribution in [0.5, 0.6) is 0 Å². The van der Waals surface area contributed by atoms with Crippen molar-refractivity contribution < 1.29 is 0 Å². The van der Waals surface area contributed by atoms with Crippen molar-refractivity contribution in [2.75, 3.05) is 0 Å². The zero-order chi connectivity index (χ0) is 37.8. The molecule has 2 aromatic heterocycles. The summed E-state index contributed by atoms with van der Waals surface area (Å²) in [6.07, 6.45) is 0. The Bertz CT molecular complexity index is 3440. The molecule has 0 radical (unpaired) electrons. The SMILES string of the molecule is [CH3][Ge]1([CH3])[c]2cc(-c3cccc4c3c3ccccc3n4-c3ccccc3)ccc2-c2ccc(-c3cccc4c3c3ccccc3n4-c3ccc4ccccc4c3)c[c]21. The number of fused-ring (bicyclic) bond motifs is 10. The third-order valence-corrected chi connectivity index (χ3v) is 20.1. The maximum absolute atomic E-state index is 2.75. The molecule has 3 heteroatoms. The van der Waals surface area contributed by atoms with Gasteiger partial charge in [-0.2, -0.15) is 0 Å². The second-order valence-electron chi connectivity index (χ2n) is 16.1. The second-order valence-corrected chi connectivity index (χ2v) is 25.2. The summed E-state index contributed by atoms with van der Waals surface area (Å²) in [5.41, 5.74) is 15.3. The third-order valence-electron chi connectivity index (χ3n) is 12.7. The molecule has 3 heterocycles. The topological polar surface area (TPSA) is 9.86 Å². The van der Waals surface area contributed by atoms with E-state index in [1.54, 1.807) is 8.79 Å². The number of rotatable bonds is 4. The number of hydrogen-bond donors (Lipinski definition) is 0. The van der Waals surface area contributed by atoms with Gasteiger partial charge in [0.15, 0.2) is 0 Å². The van der Waals surface area contributed by atoms with Gasteiger partial charge in [-0.15, -0.1) is 0 Å². The zero-order valence-corrected chi connectivity index (χ0v) is 34.0. The monoisotopic (exact) mass is 788 g/mol. The van der Waals surface area contributed by atoms with Crippen LogP contribution in [0.15, 0.2) is 194 Å². The van der Waals surface area contributed by atoms with Crippen molar-refractivity contribution in [3.05, 3.63) is 194 Å².